The maximum atomic E-state index is 14.2. The Morgan fingerprint density at radius 3 is 2.60 bits per heavy atom. The SMILES string of the molecule is COc1cccc(CC(CBr)c2ccccc2Cl)c1F. The quantitative estimate of drug-likeness (QED) is 0.668. The first kappa shape index (κ1) is 15.3. The van der Waals surface area contributed by atoms with Gasteiger partial charge in [0, 0.05) is 10.4 Å². The Kier molecular flexibility index (Phi) is 5.44. The lowest BCUT2D eigenvalue weighted by atomic mass is 9.93. The average molecular weight is 358 g/mol. The third kappa shape index (κ3) is 3.33. The molecular weight excluding hydrogens is 343 g/mol. The van der Waals surface area contributed by atoms with Crippen molar-refractivity contribution in [2.45, 2.75) is 12.3 Å². The minimum absolute atomic E-state index is 0.116. The summed E-state index contributed by atoms with van der Waals surface area (Å²) in [5.74, 6) is 0.0910. The molecule has 0 bridgehead atoms. The molecule has 2 aromatic carbocycles. The zero-order valence-corrected chi connectivity index (χ0v) is 13.4. The summed E-state index contributed by atoms with van der Waals surface area (Å²) in [6.45, 7) is 0. The summed E-state index contributed by atoms with van der Waals surface area (Å²) in [6.07, 6.45) is 0.567. The Labute approximate surface area is 131 Å². The van der Waals surface area contributed by atoms with Crippen molar-refractivity contribution in [2.24, 2.45) is 0 Å². The molecule has 106 valence electrons. The minimum Gasteiger partial charge on any atom is -0.494 e. The fraction of sp³-hybridized carbons (Fsp3) is 0.250. The highest BCUT2D eigenvalue weighted by Crippen LogP contribution is 2.31. The number of methoxy groups -OCH3 is 1. The van der Waals surface area contributed by atoms with Gasteiger partial charge in [0.05, 0.1) is 7.11 Å². The van der Waals surface area contributed by atoms with E-state index in [2.05, 4.69) is 15.9 Å². The van der Waals surface area contributed by atoms with Gasteiger partial charge in [-0.25, -0.2) is 4.39 Å². The second-order valence-electron chi connectivity index (χ2n) is 4.51. The van der Waals surface area contributed by atoms with Crippen molar-refractivity contribution in [3.05, 3.63) is 64.4 Å². The van der Waals surface area contributed by atoms with Crippen LogP contribution in [0.2, 0.25) is 5.02 Å². The van der Waals surface area contributed by atoms with Crippen LogP contribution in [0.4, 0.5) is 4.39 Å². The number of benzene rings is 2. The third-order valence-corrected chi connectivity index (χ3v) is 4.39. The number of halogens is 3. The van der Waals surface area contributed by atoms with Gasteiger partial charge in [-0.3, -0.25) is 0 Å². The van der Waals surface area contributed by atoms with Crippen LogP contribution in [-0.4, -0.2) is 12.4 Å². The van der Waals surface area contributed by atoms with Gasteiger partial charge in [0.2, 0.25) is 0 Å². The molecule has 0 saturated heterocycles. The third-order valence-electron chi connectivity index (χ3n) is 3.26. The van der Waals surface area contributed by atoms with Crippen LogP contribution < -0.4 is 4.74 Å². The standard InChI is InChI=1S/C16H15BrClFO/c1-20-15-8-4-5-11(16(15)19)9-12(10-17)13-6-2-3-7-14(13)18/h2-8,12H,9-10H2,1H3. The highest BCUT2D eigenvalue weighted by atomic mass is 79.9. The van der Waals surface area contributed by atoms with E-state index >= 15 is 0 Å². The summed E-state index contributed by atoms with van der Waals surface area (Å²) >= 11 is 9.72. The second-order valence-corrected chi connectivity index (χ2v) is 5.56. The Balaban J connectivity index is 2.30. The smallest absolute Gasteiger partial charge is 0.168 e. The van der Waals surface area contributed by atoms with Crippen LogP contribution in [-0.2, 0) is 6.42 Å². The van der Waals surface area contributed by atoms with Crippen LogP contribution in [0.1, 0.15) is 17.0 Å². The Bertz CT molecular complexity index is 588. The van der Waals surface area contributed by atoms with Gasteiger partial charge in [0.1, 0.15) is 0 Å². The Morgan fingerprint density at radius 2 is 1.95 bits per heavy atom. The molecule has 1 unspecified atom stereocenters. The second kappa shape index (κ2) is 7.09. The van der Waals surface area contributed by atoms with E-state index < -0.39 is 0 Å². The number of rotatable bonds is 5. The first-order valence-electron chi connectivity index (χ1n) is 6.29. The number of hydrogen-bond acceptors (Lipinski definition) is 1. The summed E-state index contributed by atoms with van der Waals surface area (Å²) in [6, 6.07) is 12.9. The zero-order valence-electron chi connectivity index (χ0n) is 11.1. The van der Waals surface area contributed by atoms with Crippen molar-refractivity contribution in [1.29, 1.82) is 0 Å². The van der Waals surface area contributed by atoms with Gasteiger partial charge in [0.15, 0.2) is 11.6 Å². The first-order chi connectivity index (χ1) is 9.67. The molecule has 0 aliphatic rings. The van der Waals surface area contributed by atoms with Crippen molar-refractivity contribution >= 4 is 27.5 Å². The maximum Gasteiger partial charge on any atom is 0.168 e. The Morgan fingerprint density at radius 1 is 1.20 bits per heavy atom. The molecular formula is C16H15BrClFO. The molecule has 0 radical (unpaired) electrons. The van der Waals surface area contributed by atoms with Crippen molar-refractivity contribution in [2.75, 3.05) is 12.4 Å². The number of hydrogen-bond donors (Lipinski definition) is 0. The summed E-state index contributed by atoms with van der Waals surface area (Å²) in [5, 5.41) is 1.42. The van der Waals surface area contributed by atoms with Crippen LogP contribution >= 0.6 is 27.5 Å². The molecule has 2 aromatic rings. The van der Waals surface area contributed by atoms with Crippen molar-refractivity contribution in [1.82, 2.24) is 0 Å². The highest BCUT2D eigenvalue weighted by Gasteiger charge is 2.17. The molecule has 0 heterocycles. The molecule has 0 aromatic heterocycles. The highest BCUT2D eigenvalue weighted by molar-refractivity contribution is 9.09. The predicted octanol–water partition coefficient (Wildman–Crippen LogP) is 5.21. The zero-order chi connectivity index (χ0) is 14.5. The van der Waals surface area contributed by atoms with E-state index in [0.29, 0.717) is 22.3 Å². The van der Waals surface area contributed by atoms with E-state index in [1.807, 2.05) is 24.3 Å². The summed E-state index contributed by atoms with van der Waals surface area (Å²) in [4.78, 5) is 0. The van der Waals surface area contributed by atoms with Gasteiger partial charge in [-0.1, -0.05) is 57.9 Å². The average Bonchev–Trinajstić information content (AvgIpc) is 2.47. The summed E-state index contributed by atoms with van der Waals surface area (Å²) in [5.41, 5.74) is 1.65. The van der Waals surface area contributed by atoms with E-state index in [-0.39, 0.29) is 17.5 Å². The fourth-order valence-electron chi connectivity index (χ4n) is 2.19. The molecule has 2 rings (SSSR count). The molecule has 0 spiro atoms. The maximum absolute atomic E-state index is 14.2. The van der Waals surface area contributed by atoms with E-state index in [0.717, 1.165) is 5.56 Å². The molecule has 1 atom stereocenters. The molecule has 4 heteroatoms. The van der Waals surface area contributed by atoms with Crippen LogP contribution in [0.3, 0.4) is 0 Å². The topological polar surface area (TPSA) is 9.23 Å². The molecule has 20 heavy (non-hydrogen) atoms. The molecule has 0 fully saturated rings. The van der Waals surface area contributed by atoms with E-state index in [4.69, 9.17) is 16.3 Å². The summed E-state index contributed by atoms with van der Waals surface area (Å²) in [7, 11) is 1.47. The van der Waals surface area contributed by atoms with E-state index in [1.54, 1.807) is 18.2 Å². The van der Waals surface area contributed by atoms with Gasteiger partial charge in [-0.05, 0) is 35.6 Å². The largest absolute Gasteiger partial charge is 0.494 e. The monoisotopic (exact) mass is 356 g/mol. The van der Waals surface area contributed by atoms with Gasteiger partial charge in [-0.2, -0.15) is 0 Å². The lowest BCUT2D eigenvalue weighted by molar-refractivity contribution is 0.383. The molecule has 0 N–H and O–H groups in total. The fourth-order valence-corrected chi connectivity index (χ4v) is 3.06. The van der Waals surface area contributed by atoms with Crippen LogP contribution in [0, 0.1) is 5.82 Å². The van der Waals surface area contributed by atoms with Crippen molar-refractivity contribution in [3.63, 3.8) is 0 Å². The van der Waals surface area contributed by atoms with Crippen LogP contribution in [0.25, 0.3) is 0 Å². The van der Waals surface area contributed by atoms with Crippen molar-refractivity contribution < 1.29 is 9.13 Å². The molecule has 1 nitrogen and oxygen atoms in total. The van der Waals surface area contributed by atoms with Gasteiger partial charge in [0.25, 0.3) is 0 Å². The van der Waals surface area contributed by atoms with Crippen molar-refractivity contribution in [3.8, 4) is 5.75 Å². The van der Waals surface area contributed by atoms with Crippen LogP contribution in [0.5, 0.6) is 5.75 Å². The molecule has 0 amide bonds. The lowest BCUT2D eigenvalue weighted by Gasteiger charge is -2.17. The Hall–Kier alpha value is -1.06. The molecule has 0 aliphatic heterocycles. The number of alkyl halides is 1. The first-order valence-corrected chi connectivity index (χ1v) is 7.79. The van der Waals surface area contributed by atoms with Gasteiger partial charge >= 0.3 is 0 Å². The van der Waals surface area contributed by atoms with E-state index in [9.17, 15) is 4.39 Å². The molecule has 0 aliphatic carbocycles. The minimum atomic E-state index is -0.298. The lowest BCUT2D eigenvalue weighted by Crippen LogP contribution is -2.07. The summed E-state index contributed by atoms with van der Waals surface area (Å²) < 4.78 is 19.2. The predicted molar refractivity (Wildman–Crippen MR) is 84.6 cm³/mol. The van der Waals surface area contributed by atoms with Crippen LogP contribution in [0.15, 0.2) is 42.5 Å². The molecule has 0 saturated carbocycles. The van der Waals surface area contributed by atoms with Gasteiger partial charge in [-0.15, -0.1) is 0 Å². The number of ether oxygens (including phenoxy) is 1. The van der Waals surface area contributed by atoms with Gasteiger partial charge < -0.3 is 4.74 Å². The van der Waals surface area contributed by atoms with E-state index in [1.165, 1.54) is 7.11 Å². The normalized spacial score (nSPS) is 12.2.